The van der Waals surface area contributed by atoms with Gasteiger partial charge in [0, 0.05) is 13.1 Å². The van der Waals surface area contributed by atoms with Crippen LogP contribution < -0.4 is 24.3 Å². The zero-order valence-electron chi connectivity index (χ0n) is 18.8. The van der Waals surface area contributed by atoms with Gasteiger partial charge in [0.25, 0.3) is 0 Å². The summed E-state index contributed by atoms with van der Waals surface area (Å²) in [5.41, 5.74) is 3.65. The second-order valence-electron chi connectivity index (χ2n) is 7.56. The molecule has 1 aliphatic rings. The van der Waals surface area contributed by atoms with E-state index < -0.39 is 0 Å². The van der Waals surface area contributed by atoms with E-state index in [1.54, 1.807) is 7.11 Å². The molecule has 0 saturated carbocycles. The van der Waals surface area contributed by atoms with Gasteiger partial charge in [0.15, 0.2) is 23.0 Å². The second-order valence-corrected chi connectivity index (χ2v) is 7.56. The number of likely N-dealkylation sites (N-methyl/N-ethyl adjacent to an activating group) is 1. The highest BCUT2D eigenvalue weighted by Gasteiger charge is 2.25. The van der Waals surface area contributed by atoms with Crippen molar-refractivity contribution in [1.82, 2.24) is 10.2 Å². The molecule has 6 heteroatoms. The molecule has 2 aromatic carbocycles. The Morgan fingerprint density at radius 2 is 1.67 bits per heavy atom. The van der Waals surface area contributed by atoms with E-state index in [2.05, 4.69) is 34.5 Å². The zero-order chi connectivity index (χ0) is 21.5. The lowest BCUT2D eigenvalue weighted by Crippen LogP contribution is -2.30. The SMILES string of the molecule is CCOc1cc2c(cc1OCC)C(c1ccc(OCCN(C)C)c(OC)c1)NCC2. The van der Waals surface area contributed by atoms with Gasteiger partial charge in [-0.05, 0) is 75.3 Å². The third kappa shape index (κ3) is 5.18. The molecule has 0 radical (unpaired) electrons. The number of benzene rings is 2. The standard InChI is InChI=1S/C24H34N2O4/c1-6-28-22-14-17-10-11-25-24(19(17)16-23(22)29-7-2)18-8-9-20(21(15-18)27-5)30-13-12-26(3)4/h8-9,14-16,24-25H,6-7,10-13H2,1-5H3. The molecule has 30 heavy (non-hydrogen) atoms. The number of methoxy groups -OCH3 is 1. The van der Waals surface area contributed by atoms with Crippen LogP contribution in [0.2, 0.25) is 0 Å². The number of rotatable bonds is 10. The number of fused-ring (bicyclic) bond motifs is 1. The maximum atomic E-state index is 5.92. The van der Waals surface area contributed by atoms with Gasteiger partial charge in [0.1, 0.15) is 6.61 Å². The van der Waals surface area contributed by atoms with Crippen LogP contribution >= 0.6 is 0 Å². The summed E-state index contributed by atoms with van der Waals surface area (Å²) < 4.78 is 23.2. The van der Waals surface area contributed by atoms with Crippen molar-refractivity contribution in [3.05, 3.63) is 47.0 Å². The minimum Gasteiger partial charge on any atom is -0.493 e. The molecule has 0 amide bonds. The maximum absolute atomic E-state index is 5.92. The van der Waals surface area contributed by atoms with Crippen LogP contribution in [-0.4, -0.2) is 59.0 Å². The van der Waals surface area contributed by atoms with Crippen molar-refractivity contribution in [2.45, 2.75) is 26.3 Å². The average molecular weight is 415 g/mol. The first kappa shape index (κ1) is 22.2. The normalized spacial score (nSPS) is 15.6. The van der Waals surface area contributed by atoms with E-state index in [1.165, 1.54) is 11.1 Å². The van der Waals surface area contributed by atoms with E-state index in [4.69, 9.17) is 18.9 Å². The minimum atomic E-state index is 0.0633. The lowest BCUT2D eigenvalue weighted by Gasteiger charge is -2.29. The van der Waals surface area contributed by atoms with Crippen LogP contribution in [0.5, 0.6) is 23.0 Å². The van der Waals surface area contributed by atoms with E-state index in [0.29, 0.717) is 19.8 Å². The zero-order valence-corrected chi connectivity index (χ0v) is 18.8. The Bertz CT molecular complexity index is 838. The summed E-state index contributed by atoms with van der Waals surface area (Å²) in [4.78, 5) is 2.09. The molecule has 3 rings (SSSR count). The predicted octanol–water partition coefficient (Wildman–Crippen LogP) is 3.67. The molecule has 164 valence electrons. The van der Waals surface area contributed by atoms with E-state index >= 15 is 0 Å². The van der Waals surface area contributed by atoms with Gasteiger partial charge in [-0.3, -0.25) is 0 Å². The molecule has 0 bridgehead atoms. The van der Waals surface area contributed by atoms with E-state index in [-0.39, 0.29) is 6.04 Å². The molecule has 1 N–H and O–H groups in total. The Labute approximate surface area is 180 Å². The van der Waals surface area contributed by atoms with Gasteiger partial charge in [-0.25, -0.2) is 0 Å². The monoisotopic (exact) mass is 414 g/mol. The lowest BCUT2D eigenvalue weighted by molar-refractivity contribution is 0.250. The molecule has 6 nitrogen and oxygen atoms in total. The van der Waals surface area contributed by atoms with Crippen molar-refractivity contribution in [3.63, 3.8) is 0 Å². The summed E-state index contributed by atoms with van der Waals surface area (Å²) in [6.07, 6.45) is 0.960. The van der Waals surface area contributed by atoms with Crippen LogP contribution in [0, 0.1) is 0 Å². The van der Waals surface area contributed by atoms with Gasteiger partial charge in [0.2, 0.25) is 0 Å². The molecule has 0 saturated heterocycles. The largest absolute Gasteiger partial charge is 0.493 e. The van der Waals surface area contributed by atoms with Crippen molar-refractivity contribution >= 4 is 0 Å². The van der Waals surface area contributed by atoms with Crippen molar-refractivity contribution < 1.29 is 18.9 Å². The van der Waals surface area contributed by atoms with Crippen LogP contribution in [-0.2, 0) is 6.42 Å². The topological polar surface area (TPSA) is 52.2 Å². The number of hydrogen-bond acceptors (Lipinski definition) is 6. The maximum Gasteiger partial charge on any atom is 0.161 e. The number of nitrogens with zero attached hydrogens (tertiary/aromatic N) is 1. The Morgan fingerprint density at radius 3 is 2.33 bits per heavy atom. The van der Waals surface area contributed by atoms with Crippen LogP contribution in [0.3, 0.4) is 0 Å². The quantitative estimate of drug-likeness (QED) is 0.640. The number of hydrogen-bond donors (Lipinski definition) is 1. The van der Waals surface area contributed by atoms with E-state index in [1.807, 2.05) is 34.0 Å². The molecule has 0 spiro atoms. The van der Waals surface area contributed by atoms with Crippen LogP contribution in [0.1, 0.15) is 36.6 Å². The van der Waals surface area contributed by atoms with Gasteiger partial charge in [-0.15, -0.1) is 0 Å². The summed E-state index contributed by atoms with van der Waals surface area (Å²) in [5.74, 6) is 3.13. The van der Waals surface area contributed by atoms with E-state index in [9.17, 15) is 0 Å². The molecule has 2 aromatic rings. The van der Waals surface area contributed by atoms with Gasteiger partial charge < -0.3 is 29.2 Å². The van der Waals surface area contributed by atoms with Crippen molar-refractivity contribution in [2.24, 2.45) is 0 Å². The first-order valence-electron chi connectivity index (χ1n) is 10.7. The lowest BCUT2D eigenvalue weighted by atomic mass is 9.89. The summed E-state index contributed by atoms with van der Waals surface area (Å²) in [6, 6.07) is 10.5. The Balaban J connectivity index is 1.91. The second kappa shape index (κ2) is 10.5. The van der Waals surface area contributed by atoms with Crippen LogP contribution in [0.25, 0.3) is 0 Å². The molecule has 0 aromatic heterocycles. The van der Waals surface area contributed by atoms with Crippen molar-refractivity contribution in [2.75, 3.05) is 54.1 Å². The summed E-state index contributed by atoms with van der Waals surface area (Å²) >= 11 is 0. The van der Waals surface area contributed by atoms with Crippen molar-refractivity contribution in [3.8, 4) is 23.0 Å². The summed E-state index contributed by atoms with van der Waals surface area (Å²) in [6.45, 7) is 7.58. The Hall–Kier alpha value is -2.44. The first-order chi connectivity index (χ1) is 14.6. The predicted molar refractivity (Wildman–Crippen MR) is 119 cm³/mol. The third-order valence-corrected chi connectivity index (χ3v) is 5.18. The third-order valence-electron chi connectivity index (χ3n) is 5.18. The molecular weight excluding hydrogens is 380 g/mol. The molecule has 1 heterocycles. The highest BCUT2D eigenvalue weighted by atomic mass is 16.5. The number of nitrogens with one attached hydrogen (secondary N) is 1. The fourth-order valence-electron chi connectivity index (χ4n) is 3.72. The smallest absolute Gasteiger partial charge is 0.161 e. The highest BCUT2D eigenvalue weighted by Crippen LogP contribution is 2.39. The van der Waals surface area contributed by atoms with Gasteiger partial charge in [-0.1, -0.05) is 6.07 Å². The molecule has 1 atom stereocenters. The van der Waals surface area contributed by atoms with Crippen LogP contribution in [0.15, 0.2) is 30.3 Å². The first-order valence-corrected chi connectivity index (χ1v) is 10.7. The molecular formula is C24H34N2O4. The Morgan fingerprint density at radius 1 is 0.933 bits per heavy atom. The summed E-state index contributed by atoms with van der Waals surface area (Å²) in [7, 11) is 5.74. The fourth-order valence-corrected chi connectivity index (χ4v) is 3.72. The molecule has 1 unspecified atom stereocenters. The van der Waals surface area contributed by atoms with E-state index in [0.717, 1.165) is 48.1 Å². The highest BCUT2D eigenvalue weighted by molar-refractivity contribution is 5.53. The Kier molecular flexibility index (Phi) is 7.82. The summed E-state index contributed by atoms with van der Waals surface area (Å²) in [5, 5.41) is 3.64. The van der Waals surface area contributed by atoms with Gasteiger partial charge in [0.05, 0.1) is 26.4 Å². The molecule has 0 aliphatic carbocycles. The minimum absolute atomic E-state index is 0.0633. The van der Waals surface area contributed by atoms with Crippen molar-refractivity contribution in [1.29, 1.82) is 0 Å². The van der Waals surface area contributed by atoms with Gasteiger partial charge in [-0.2, -0.15) is 0 Å². The molecule has 0 fully saturated rings. The van der Waals surface area contributed by atoms with Crippen LogP contribution in [0.4, 0.5) is 0 Å². The molecule has 1 aliphatic heterocycles. The average Bonchev–Trinajstić information content (AvgIpc) is 2.74. The fraction of sp³-hybridized carbons (Fsp3) is 0.500. The number of ether oxygens (including phenoxy) is 4. The van der Waals surface area contributed by atoms with Gasteiger partial charge >= 0.3 is 0 Å².